The van der Waals surface area contributed by atoms with Crippen LogP contribution < -0.4 is 18.9 Å². The molecule has 0 aliphatic rings. The SMILES string of the molecule is C#CC(=O)O.[CH2-]C.[Li+]. The molecule has 0 aromatic heterocycles. The van der Waals surface area contributed by atoms with Gasteiger partial charge in [-0.15, -0.1) is 6.42 Å². The van der Waals surface area contributed by atoms with Gasteiger partial charge >= 0.3 is 24.8 Å². The maximum Gasteiger partial charge on any atom is 1.00 e. The summed E-state index contributed by atoms with van der Waals surface area (Å²) in [6.45, 7) is 5.00. The smallest absolute Gasteiger partial charge is 0.472 e. The number of hydrogen-bond acceptors (Lipinski definition) is 1. The first-order valence-corrected chi connectivity index (χ1v) is 1.67. The van der Waals surface area contributed by atoms with Crippen LogP contribution in [0.25, 0.3) is 0 Å². The number of carboxylic acid groups (broad SMARTS) is 1. The van der Waals surface area contributed by atoms with E-state index >= 15 is 0 Å². The molecule has 0 bridgehead atoms. The predicted octanol–water partition coefficient (Wildman–Crippen LogP) is -2.45. The van der Waals surface area contributed by atoms with Crippen LogP contribution in [0.1, 0.15) is 6.92 Å². The Balaban J connectivity index is -0.0000000750. The van der Waals surface area contributed by atoms with Crippen molar-refractivity contribution in [3.05, 3.63) is 6.92 Å². The summed E-state index contributed by atoms with van der Waals surface area (Å²) in [7, 11) is 0. The van der Waals surface area contributed by atoms with Crippen molar-refractivity contribution in [2.24, 2.45) is 0 Å². The molecule has 2 nitrogen and oxygen atoms in total. The molecule has 0 atom stereocenters. The molecule has 1 N–H and O–H groups in total. The van der Waals surface area contributed by atoms with E-state index in [0.717, 1.165) is 0 Å². The molecule has 0 radical (unpaired) electrons. The Bertz CT molecular complexity index is 82.9. The van der Waals surface area contributed by atoms with Crippen LogP contribution in [0.4, 0.5) is 0 Å². The van der Waals surface area contributed by atoms with Gasteiger partial charge in [0.05, 0.1) is 0 Å². The summed E-state index contributed by atoms with van der Waals surface area (Å²) in [6.07, 6.45) is 4.32. The van der Waals surface area contributed by atoms with Crippen molar-refractivity contribution in [3.8, 4) is 12.3 Å². The summed E-state index contributed by atoms with van der Waals surface area (Å²) in [5.41, 5.74) is 0. The topological polar surface area (TPSA) is 37.3 Å². The van der Waals surface area contributed by atoms with Crippen molar-refractivity contribution >= 4 is 5.97 Å². The molecule has 0 saturated heterocycles. The number of terminal acetylenes is 1. The number of carboxylic acids is 1. The molecule has 0 spiro atoms. The van der Waals surface area contributed by atoms with E-state index in [-0.39, 0.29) is 18.9 Å². The van der Waals surface area contributed by atoms with Gasteiger partial charge in [0.1, 0.15) is 0 Å². The molecule has 0 unspecified atom stereocenters. The fourth-order valence-electron chi connectivity index (χ4n) is 0. The zero-order chi connectivity index (χ0) is 6.28. The van der Waals surface area contributed by atoms with Gasteiger partial charge in [-0.1, -0.05) is 0 Å². The molecule has 0 rings (SSSR count). The van der Waals surface area contributed by atoms with Gasteiger partial charge < -0.3 is 12.0 Å². The van der Waals surface area contributed by atoms with E-state index in [1.54, 1.807) is 6.92 Å². The van der Waals surface area contributed by atoms with Crippen LogP contribution in [-0.4, -0.2) is 11.1 Å². The molecular formula is C5H7LiO2. The van der Waals surface area contributed by atoms with Gasteiger partial charge in [-0.3, -0.25) is 0 Å². The maximum atomic E-state index is 9.13. The summed E-state index contributed by atoms with van der Waals surface area (Å²) < 4.78 is 0. The van der Waals surface area contributed by atoms with E-state index in [9.17, 15) is 0 Å². The Morgan fingerprint density at radius 3 is 1.88 bits per heavy atom. The summed E-state index contributed by atoms with van der Waals surface area (Å²) in [5, 5.41) is 7.49. The third kappa shape index (κ3) is 45.5. The van der Waals surface area contributed by atoms with Crippen LogP contribution in [0.2, 0.25) is 0 Å². The Morgan fingerprint density at radius 1 is 1.75 bits per heavy atom. The fraction of sp³-hybridized carbons (Fsp3) is 0.200. The van der Waals surface area contributed by atoms with Crippen LogP contribution in [0, 0.1) is 19.3 Å². The first-order chi connectivity index (χ1) is 3.27. The van der Waals surface area contributed by atoms with Crippen molar-refractivity contribution in [1.29, 1.82) is 0 Å². The Labute approximate surface area is 61.5 Å². The summed E-state index contributed by atoms with van der Waals surface area (Å²) >= 11 is 0. The van der Waals surface area contributed by atoms with Crippen molar-refractivity contribution < 1.29 is 28.8 Å². The summed E-state index contributed by atoms with van der Waals surface area (Å²) in [4.78, 5) is 9.13. The minimum Gasteiger partial charge on any atom is -0.472 e. The van der Waals surface area contributed by atoms with E-state index in [1.165, 1.54) is 5.92 Å². The van der Waals surface area contributed by atoms with Crippen molar-refractivity contribution in [2.45, 2.75) is 6.92 Å². The minimum absolute atomic E-state index is 0. The zero-order valence-corrected chi connectivity index (χ0v) is 5.14. The quantitative estimate of drug-likeness (QED) is 0.211. The van der Waals surface area contributed by atoms with Gasteiger partial charge in [0.2, 0.25) is 0 Å². The molecule has 3 heteroatoms. The molecule has 0 aliphatic heterocycles. The molecule has 0 amide bonds. The molecule has 40 valence electrons. The van der Waals surface area contributed by atoms with Gasteiger partial charge in [0.25, 0.3) is 0 Å². The first kappa shape index (κ1) is 15.6. The molecule has 0 aromatic rings. The van der Waals surface area contributed by atoms with E-state index in [2.05, 4.69) is 13.3 Å². The van der Waals surface area contributed by atoms with Gasteiger partial charge in [-0.05, 0) is 0 Å². The molecule has 8 heavy (non-hydrogen) atoms. The molecule has 0 fully saturated rings. The first-order valence-electron chi connectivity index (χ1n) is 1.67. The minimum atomic E-state index is -1.22. The molecular weight excluding hydrogens is 99.0 g/mol. The van der Waals surface area contributed by atoms with Crippen LogP contribution >= 0.6 is 0 Å². The van der Waals surface area contributed by atoms with Gasteiger partial charge in [-0.2, -0.15) is 6.92 Å². The molecule has 0 aromatic carbocycles. The molecule has 0 aliphatic carbocycles. The fourth-order valence-corrected chi connectivity index (χ4v) is 0. The Kier molecular flexibility index (Phi) is 31.2. The normalized spacial score (nSPS) is 4.12. The van der Waals surface area contributed by atoms with Crippen molar-refractivity contribution in [1.82, 2.24) is 0 Å². The Morgan fingerprint density at radius 2 is 1.88 bits per heavy atom. The van der Waals surface area contributed by atoms with Crippen LogP contribution in [0.15, 0.2) is 0 Å². The van der Waals surface area contributed by atoms with Crippen LogP contribution in [0.5, 0.6) is 0 Å². The van der Waals surface area contributed by atoms with Crippen LogP contribution in [-0.2, 0) is 4.79 Å². The number of carbonyl (C=O) groups is 1. The standard InChI is InChI=1S/C3H2O2.C2H5.Li/c1-2-3(4)5;1-2;/h1H,(H,4,5);1H2,2H3;/q;-1;+1. The third-order valence-corrected chi connectivity index (χ3v) is 0.123. The number of aliphatic carboxylic acids is 1. The third-order valence-electron chi connectivity index (χ3n) is 0.123. The number of rotatable bonds is 0. The second-order valence-corrected chi connectivity index (χ2v) is 0.449. The average molecular weight is 106 g/mol. The van der Waals surface area contributed by atoms with Gasteiger partial charge in [0.15, 0.2) is 0 Å². The van der Waals surface area contributed by atoms with Crippen molar-refractivity contribution in [2.75, 3.05) is 0 Å². The Hall–Kier alpha value is -0.373. The molecule has 0 saturated carbocycles. The van der Waals surface area contributed by atoms with E-state index in [1.807, 2.05) is 0 Å². The monoisotopic (exact) mass is 106 g/mol. The van der Waals surface area contributed by atoms with Gasteiger partial charge in [-0.25, -0.2) is 4.79 Å². The van der Waals surface area contributed by atoms with Crippen molar-refractivity contribution in [3.63, 3.8) is 0 Å². The zero-order valence-electron chi connectivity index (χ0n) is 5.14. The predicted molar refractivity (Wildman–Crippen MR) is 27.5 cm³/mol. The average Bonchev–Trinajstić information content (AvgIpc) is 1.73. The van der Waals surface area contributed by atoms with E-state index in [4.69, 9.17) is 9.90 Å². The second-order valence-electron chi connectivity index (χ2n) is 0.449. The van der Waals surface area contributed by atoms with Gasteiger partial charge in [0, 0.05) is 5.92 Å². The summed E-state index contributed by atoms with van der Waals surface area (Å²) in [5.74, 6) is 0.227. The second kappa shape index (κ2) is 16.0. The van der Waals surface area contributed by atoms with Crippen LogP contribution in [0.3, 0.4) is 0 Å². The largest absolute Gasteiger partial charge is 1.00 e. The van der Waals surface area contributed by atoms with E-state index < -0.39 is 5.97 Å². The van der Waals surface area contributed by atoms with E-state index in [0.29, 0.717) is 0 Å². The summed E-state index contributed by atoms with van der Waals surface area (Å²) in [6, 6.07) is 0. The maximum absolute atomic E-state index is 9.13. The molecule has 0 heterocycles. The number of hydrogen-bond donors (Lipinski definition) is 1.